The first-order chi connectivity index (χ1) is 13.2. The van der Waals surface area contributed by atoms with Crippen LogP contribution in [0.5, 0.6) is 5.75 Å². The highest BCUT2D eigenvalue weighted by Gasteiger charge is 2.37. The van der Waals surface area contributed by atoms with Crippen molar-refractivity contribution in [2.24, 2.45) is 5.92 Å². The van der Waals surface area contributed by atoms with Crippen molar-refractivity contribution in [2.75, 3.05) is 10.8 Å². The molecule has 2 aromatic carbocycles. The smallest absolute Gasteiger partial charge is 0.264 e. The van der Waals surface area contributed by atoms with Gasteiger partial charge < -0.3 is 10.1 Å². The second kappa shape index (κ2) is 8.01. The molecular formula is C20H23ClN2O4S. The minimum Gasteiger partial charge on any atom is -0.476 e. The third kappa shape index (κ3) is 4.10. The number of nitrogens with zero attached hydrogens (tertiary/aromatic N) is 1. The number of halogens is 1. The van der Waals surface area contributed by atoms with Crippen LogP contribution in [0, 0.1) is 5.92 Å². The lowest BCUT2D eigenvalue weighted by molar-refractivity contribution is -0.128. The maximum absolute atomic E-state index is 13.3. The van der Waals surface area contributed by atoms with E-state index in [-0.39, 0.29) is 29.3 Å². The van der Waals surface area contributed by atoms with Crippen LogP contribution in [-0.2, 0) is 14.8 Å². The fraction of sp³-hybridized carbons (Fsp3) is 0.350. The molecule has 3 rings (SSSR count). The van der Waals surface area contributed by atoms with Gasteiger partial charge in [0.05, 0.1) is 17.1 Å². The lowest BCUT2D eigenvalue weighted by atomic mass is 10.1. The largest absolute Gasteiger partial charge is 0.476 e. The van der Waals surface area contributed by atoms with E-state index in [2.05, 4.69) is 5.32 Å². The Morgan fingerprint density at radius 1 is 1.14 bits per heavy atom. The van der Waals surface area contributed by atoms with Gasteiger partial charge in [-0.25, -0.2) is 8.42 Å². The van der Waals surface area contributed by atoms with Crippen LogP contribution in [0.2, 0.25) is 5.02 Å². The Morgan fingerprint density at radius 2 is 1.79 bits per heavy atom. The minimum atomic E-state index is -3.89. The first-order valence-electron chi connectivity index (χ1n) is 9.04. The number of carbonyl (C=O) groups is 1. The average molecular weight is 423 g/mol. The molecule has 0 fully saturated rings. The molecule has 0 unspecified atom stereocenters. The molecule has 2 aromatic rings. The maximum Gasteiger partial charge on any atom is 0.264 e. The number of carbonyl (C=O) groups excluding carboxylic acids is 1. The zero-order valence-electron chi connectivity index (χ0n) is 15.9. The summed E-state index contributed by atoms with van der Waals surface area (Å²) >= 11 is 5.89. The summed E-state index contributed by atoms with van der Waals surface area (Å²) in [5, 5.41) is 3.34. The summed E-state index contributed by atoms with van der Waals surface area (Å²) in [5.74, 6) is 0.254. The number of benzene rings is 2. The lowest BCUT2D eigenvalue weighted by Crippen LogP contribution is -2.52. The molecule has 0 spiro atoms. The van der Waals surface area contributed by atoms with Gasteiger partial charge in [-0.1, -0.05) is 37.6 Å². The molecule has 1 aliphatic rings. The van der Waals surface area contributed by atoms with Crippen LogP contribution in [0.4, 0.5) is 5.69 Å². The van der Waals surface area contributed by atoms with E-state index in [1.54, 1.807) is 24.3 Å². The zero-order chi connectivity index (χ0) is 20.5. The van der Waals surface area contributed by atoms with Crippen molar-refractivity contribution >= 4 is 33.2 Å². The summed E-state index contributed by atoms with van der Waals surface area (Å²) < 4.78 is 33.5. The Bertz CT molecular complexity index is 960. The number of amides is 1. The molecule has 1 aliphatic heterocycles. The first-order valence-corrected chi connectivity index (χ1v) is 10.9. The van der Waals surface area contributed by atoms with Crippen molar-refractivity contribution in [1.29, 1.82) is 0 Å². The van der Waals surface area contributed by atoms with Crippen LogP contribution in [-0.4, -0.2) is 33.0 Å². The summed E-state index contributed by atoms with van der Waals surface area (Å²) in [6.45, 7) is 5.79. The predicted octanol–water partition coefficient (Wildman–Crippen LogP) is 3.46. The van der Waals surface area contributed by atoms with Crippen LogP contribution >= 0.6 is 11.6 Å². The maximum atomic E-state index is 13.3. The Kier molecular flexibility index (Phi) is 5.86. The van der Waals surface area contributed by atoms with Crippen LogP contribution in [0.1, 0.15) is 20.8 Å². The van der Waals surface area contributed by atoms with Gasteiger partial charge >= 0.3 is 0 Å². The van der Waals surface area contributed by atoms with Crippen LogP contribution in [0.15, 0.2) is 53.4 Å². The summed E-state index contributed by atoms with van der Waals surface area (Å²) in [7, 11) is -3.89. The second-order valence-corrected chi connectivity index (χ2v) is 9.40. The third-order valence-corrected chi connectivity index (χ3v) is 6.84. The summed E-state index contributed by atoms with van der Waals surface area (Å²) in [5.41, 5.74) is 0.401. The Balaban J connectivity index is 1.96. The molecule has 28 heavy (non-hydrogen) atoms. The average Bonchev–Trinajstić information content (AvgIpc) is 2.67. The molecule has 0 saturated carbocycles. The van der Waals surface area contributed by atoms with Gasteiger partial charge in [-0.3, -0.25) is 9.10 Å². The zero-order valence-corrected chi connectivity index (χ0v) is 17.5. The number of hydrogen-bond acceptors (Lipinski definition) is 4. The molecule has 150 valence electrons. The highest BCUT2D eigenvalue weighted by atomic mass is 35.5. The molecule has 0 aliphatic carbocycles. The number of sulfonamides is 1. The van der Waals surface area contributed by atoms with E-state index in [1.807, 2.05) is 20.8 Å². The molecule has 0 saturated heterocycles. The van der Waals surface area contributed by atoms with Gasteiger partial charge in [0.15, 0.2) is 6.10 Å². The van der Waals surface area contributed by atoms with Crippen LogP contribution in [0.3, 0.4) is 0 Å². The molecule has 0 radical (unpaired) electrons. The Hall–Kier alpha value is -2.25. The van der Waals surface area contributed by atoms with Crippen molar-refractivity contribution in [3.63, 3.8) is 0 Å². The molecule has 1 N–H and O–H groups in total. The van der Waals surface area contributed by atoms with E-state index in [9.17, 15) is 13.2 Å². The van der Waals surface area contributed by atoms with E-state index in [0.29, 0.717) is 16.5 Å². The molecule has 1 amide bonds. The Labute approximate surface area is 170 Å². The van der Waals surface area contributed by atoms with Gasteiger partial charge in [0, 0.05) is 11.1 Å². The topological polar surface area (TPSA) is 75.7 Å². The number of anilines is 1. The minimum absolute atomic E-state index is 0.0606. The summed E-state index contributed by atoms with van der Waals surface area (Å²) in [4.78, 5) is 12.8. The molecule has 6 nitrogen and oxygen atoms in total. The monoisotopic (exact) mass is 422 g/mol. The lowest BCUT2D eigenvalue weighted by Gasteiger charge is -2.35. The second-order valence-electron chi connectivity index (χ2n) is 7.11. The molecule has 0 bridgehead atoms. The van der Waals surface area contributed by atoms with Crippen molar-refractivity contribution in [3.8, 4) is 5.75 Å². The van der Waals surface area contributed by atoms with E-state index in [0.717, 1.165) is 0 Å². The van der Waals surface area contributed by atoms with Gasteiger partial charge in [-0.15, -0.1) is 0 Å². The van der Waals surface area contributed by atoms with Gasteiger partial charge in [0.1, 0.15) is 5.75 Å². The van der Waals surface area contributed by atoms with Crippen molar-refractivity contribution in [3.05, 3.63) is 53.6 Å². The highest BCUT2D eigenvalue weighted by Crippen LogP contribution is 2.37. The van der Waals surface area contributed by atoms with Gasteiger partial charge in [-0.2, -0.15) is 0 Å². The van der Waals surface area contributed by atoms with E-state index in [4.69, 9.17) is 16.3 Å². The number of ether oxygens (including phenoxy) is 1. The van der Waals surface area contributed by atoms with Crippen molar-refractivity contribution in [1.82, 2.24) is 5.32 Å². The van der Waals surface area contributed by atoms with Crippen molar-refractivity contribution < 1.29 is 17.9 Å². The summed E-state index contributed by atoms with van der Waals surface area (Å²) in [6.07, 6.45) is -0.946. The van der Waals surface area contributed by atoms with E-state index < -0.39 is 16.1 Å². The Morgan fingerprint density at radius 3 is 2.43 bits per heavy atom. The predicted molar refractivity (Wildman–Crippen MR) is 109 cm³/mol. The molecule has 2 atom stereocenters. The van der Waals surface area contributed by atoms with E-state index in [1.165, 1.54) is 28.6 Å². The number of rotatable bonds is 5. The molecule has 1 heterocycles. The number of hydrogen-bond donors (Lipinski definition) is 1. The first kappa shape index (κ1) is 20.5. The van der Waals surface area contributed by atoms with Gasteiger partial charge in [0.25, 0.3) is 15.9 Å². The SMILES string of the molecule is CC(C)[C@H](C)NC(=O)[C@H]1CN(S(=O)(=O)c2ccc(Cl)cc2)c2ccccc2O1. The number of nitrogens with one attached hydrogen (secondary N) is 1. The molecular weight excluding hydrogens is 400 g/mol. The quantitative estimate of drug-likeness (QED) is 0.800. The molecule has 8 heteroatoms. The van der Waals surface area contributed by atoms with Crippen LogP contribution < -0.4 is 14.4 Å². The standard InChI is InChI=1S/C20H23ClN2O4S/c1-13(2)14(3)22-20(24)19-12-23(17-6-4-5-7-18(17)27-19)28(25,26)16-10-8-15(21)9-11-16/h4-11,13-14,19H,12H2,1-3H3,(H,22,24)/t14-,19+/m0/s1. The summed E-state index contributed by atoms with van der Waals surface area (Å²) in [6, 6.07) is 12.7. The molecule has 0 aromatic heterocycles. The fourth-order valence-electron chi connectivity index (χ4n) is 2.78. The van der Waals surface area contributed by atoms with Crippen molar-refractivity contribution in [2.45, 2.75) is 37.8 Å². The fourth-order valence-corrected chi connectivity index (χ4v) is 4.39. The number of para-hydroxylation sites is 2. The van der Waals surface area contributed by atoms with Crippen LogP contribution in [0.25, 0.3) is 0 Å². The van der Waals surface area contributed by atoms with Gasteiger partial charge in [0.2, 0.25) is 0 Å². The van der Waals surface area contributed by atoms with Gasteiger partial charge in [-0.05, 0) is 49.2 Å². The normalized spacial score (nSPS) is 17.6. The number of fused-ring (bicyclic) bond motifs is 1. The highest BCUT2D eigenvalue weighted by molar-refractivity contribution is 7.92. The third-order valence-electron chi connectivity index (χ3n) is 4.80. The van der Waals surface area contributed by atoms with E-state index >= 15 is 0 Å².